The largest absolute Gasteiger partial charge is 0.417 e. The van der Waals surface area contributed by atoms with Crippen LogP contribution in [0.4, 0.5) is 0 Å². The average Bonchev–Trinajstić information content (AvgIpc) is 2.04. The molecular weight excluding hydrogens is 188 g/mol. The molecule has 0 aromatic carbocycles. The fourth-order valence-electron chi connectivity index (χ4n) is 1.07. The molecule has 1 nitrogen and oxygen atoms in total. The van der Waals surface area contributed by atoms with Crippen molar-refractivity contribution in [3.63, 3.8) is 0 Å². The molecule has 0 aromatic rings. The van der Waals surface area contributed by atoms with Crippen molar-refractivity contribution < 1.29 is 4.43 Å². The Labute approximate surface area is 91.4 Å². The molecule has 0 rings (SSSR count). The number of hydrogen-bond acceptors (Lipinski definition) is 1. The van der Waals surface area contributed by atoms with E-state index in [1.54, 1.807) is 0 Å². The first-order valence-electron chi connectivity index (χ1n) is 5.88. The van der Waals surface area contributed by atoms with Gasteiger partial charge in [-0.3, -0.25) is 0 Å². The highest BCUT2D eigenvalue weighted by Crippen LogP contribution is 2.36. The van der Waals surface area contributed by atoms with E-state index in [4.69, 9.17) is 4.43 Å². The van der Waals surface area contributed by atoms with Gasteiger partial charge in [0.2, 0.25) is 0 Å². The van der Waals surface area contributed by atoms with E-state index in [-0.39, 0.29) is 0 Å². The molecule has 86 valence electrons. The maximum Gasteiger partial charge on any atom is 0.191 e. The van der Waals surface area contributed by atoms with E-state index in [9.17, 15) is 0 Å². The van der Waals surface area contributed by atoms with Crippen LogP contribution in [0.5, 0.6) is 0 Å². The predicted octanol–water partition coefficient (Wildman–Crippen LogP) is 4.44. The van der Waals surface area contributed by atoms with Gasteiger partial charge < -0.3 is 4.43 Å². The molecule has 0 saturated carbocycles. The van der Waals surface area contributed by atoms with Crippen LogP contribution in [0.3, 0.4) is 0 Å². The second-order valence-electron chi connectivity index (χ2n) is 5.75. The average molecular weight is 216 g/mol. The standard InChI is InChI=1S/C12H28OSi/c1-8-11(9-2)10-13-14(6,7)12(3,4)5/h11H,8-10H2,1-7H3. The van der Waals surface area contributed by atoms with Gasteiger partial charge in [0.15, 0.2) is 8.32 Å². The summed E-state index contributed by atoms with van der Waals surface area (Å²) in [4.78, 5) is 0. The quantitative estimate of drug-likeness (QED) is 0.617. The van der Waals surface area contributed by atoms with E-state index in [0.717, 1.165) is 12.5 Å². The van der Waals surface area contributed by atoms with Gasteiger partial charge in [0, 0.05) is 6.61 Å². The molecule has 0 radical (unpaired) electrons. The summed E-state index contributed by atoms with van der Waals surface area (Å²) < 4.78 is 6.18. The van der Waals surface area contributed by atoms with Gasteiger partial charge in [0.05, 0.1) is 0 Å². The van der Waals surface area contributed by atoms with E-state index in [2.05, 4.69) is 47.7 Å². The van der Waals surface area contributed by atoms with Crippen LogP contribution in [0.1, 0.15) is 47.5 Å². The fourth-order valence-corrected chi connectivity index (χ4v) is 2.15. The van der Waals surface area contributed by atoms with E-state index in [1.165, 1.54) is 12.8 Å². The summed E-state index contributed by atoms with van der Waals surface area (Å²) in [5, 5.41) is 0.346. The van der Waals surface area contributed by atoms with Gasteiger partial charge in [0.1, 0.15) is 0 Å². The van der Waals surface area contributed by atoms with E-state index < -0.39 is 8.32 Å². The third kappa shape index (κ3) is 4.14. The Balaban J connectivity index is 4.11. The Morgan fingerprint density at radius 1 is 1.07 bits per heavy atom. The Morgan fingerprint density at radius 2 is 1.50 bits per heavy atom. The molecule has 0 N–H and O–H groups in total. The Hall–Kier alpha value is 0.177. The van der Waals surface area contributed by atoms with E-state index >= 15 is 0 Å². The number of rotatable bonds is 5. The molecule has 0 bridgehead atoms. The predicted molar refractivity (Wildman–Crippen MR) is 67.2 cm³/mol. The minimum atomic E-state index is -1.50. The van der Waals surface area contributed by atoms with Crippen LogP contribution in [0.25, 0.3) is 0 Å². The molecule has 0 heterocycles. The van der Waals surface area contributed by atoms with Gasteiger partial charge in [-0.15, -0.1) is 0 Å². The van der Waals surface area contributed by atoms with Crippen LogP contribution < -0.4 is 0 Å². The lowest BCUT2D eigenvalue weighted by atomic mass is 10.1. The van der Waals surface area contributed by atoms with E-state index in [0.29, 0.717) is 5.04 Å². The molecule has 0 aromatic heterocycles. The molecular formula is C12H28OSi. The third-order valence-electron chi connectivity index (χ3n) is 3.64. The molecule has 0 aliphatic carbocycles. The van der Waals surface area contributed by atoms with Crippen LogP contribution in [0.15, 0.2) is 0 Å². The van der Waals surface area contributed by atoms with Crippen molar-refractivity contribution in [1.82, 2.24) is 0 Å². The fraction of sp³-hybridized carbons (Fsp3) is 1.00. The van der Waals surface area contributed by atoms with Crippen LogP contribution >= 0.6 is 0 Å². The maximum absolute atomic E-state index is 6.18. The maximum atomic E-state index is 6.18. The lowest BCUT2D eigenvalue weighted by molar-refractivity contribution is 0.220. The molecule has 0 aliphatic heterocycles. The normalized spacial score (nSPS) is 13.7. The molecule has 0 fully saturated rings. The van der Waals surface area contributed by atoms with Crippen LogP contribution in [-0.4, -0.2) is 14.9 Å². The van der Waals surface area contributed by atoms with Crippen molar-refractivity contribution in [2.24, 2.45) is 5.92 Å². The molecule has 0 spiro atoms. The first-order valence-corrected chi connectivity index (χ1v) is 8.79. The van der Waals surface area contributed by atoms with Crippen LogP contribution in [0, 0.1) is 5.92 Å². The second kappa shape index (κ2) is 5.31. The highest BCUT2D eigenvalue weighted by atomic mass is 28.4. The van der Waals surface area contributed by atoms with E-state index in [1.807, 2.05) is 0 Å². The summed E-state index contributed by atoms with van der Waals surface area (Å²) in [6, 6.07) is 0. The van der Waals surface area contributed by atoms with Crippen molar-refractivity contribution >= 4 is 8.32 Å². The minimum absolute atomic E-state index is 0.346. The first kappa shape index (κ1) is 14.2. The van der Waals surface area contributed by atoms with Crippen molar-refractivity contribution in [2.75, 3.05) is 6.61 Å². The molecule has 0 atom stereocenters. The Kier molecular flexibility index (Phi) is 5.38. The summed E-state index contributed by atoms with van der Waals surface area (Å²) in [6.07, 6.45) is 2.48. The van der Waals surface area contributed by atoms with Crippen LogP contribution in [0.2, 0.25) is 18.1 Å². The van der Waals surface area contributed by atoms with Gasteiger partial charge in [0.25, 0.3) is 0 Å². The lowest BCUT2D eigenvalue weighted by Crippen LogP contribution is -2.41. The summed E-state index contributed by atoms with van der Waals surface area (Å²) in [5.74, 6) is 0.754. The SMILES string of the molecule is CCC(CC)CO[Si](C)(C)C(C)(C)C. The van der Waals surface area contributed by atoms with Gasteiger partial charge >= 0.3 is 0 Å². The highest BCUT2D eigenvalue weighted by molar-refractivity contribution is 6.74. The van der Waals surface area contributed by atoms with Crippen molar-refractivity contribution in [3.05, 3.63) is 0 Å². The molecule has 0 unspecified atom stereocenters. The molecule has 0 amide bonds. The Bertz CT molecular complexity index is 154. The van der Waals surface area contributed by atoms with Crippen LogP contribution in [-0.2, 0) is 4.43 Å². The van der Waals surface area contributed by atoms with Gasteiger partial charge in [-0.05, 0) is 24.1 Å². The van der Waals surface area contributed by atoms with Crippen molar-refractivity contribution in [3.8, 4) is 0 Å². The molecule has 0 aliphatic rings. The zero-order valence-corrected chi connectivity index (χ0v) is 12.1. The van der Waals surface area contributed by atoms with Crippen molar-refractivity contribution in [2.45, 2.75) is 65.6 Å². The molecule has 0 saturated heterocycles. The lowest BCUT2D eigenvalue weighted by Gasteiger charge is -2.37. The van der Waals surface area contributed by atoms with Crippen molar-refractivity contribution in [1.29, 1.82) is 0 Å². The topological polar surface area (TPSA) is 9.23 Å². The summed E-state index contributed by atoms with van der Waals surface area (Å²) >= 11 is 0. The minimum Gasteiger partial charge on any atom is -0.417 e. The summed E-state index contributed by atoms with van der Waals surface area (Å²) in [5.41, 5.74) is 0. The number of hydrogen-bond donors (Lipinski definition) is 0. The smallest absolute Gasteiger partial charge is 0.191 e. The monoisotopic (exact) mass is 216 g/mol. The highest BCUT2D eigenvalue weighted by Gasteiger charge is 2.37. The zero-order valence-electron chi connectivity index (χ0n) is 11.1. The second-order valence-corrected chi connectivity index (χ2v) is 10.6. The Morgan fingerprint density at radius 3 is 1.79 bits per heavy atom. The zero-order chi connectivity index (χ0) is 11.4. The van der Waals surface area contributed by atoms with Gasteiger partial charge in [-0.25, -0.2) is 0 Å². The third-order valence-corrected chi connectivity index (χ3v) is 8.14. The van der Waals surface area contributed by atoms with Gasteiger partial charge in [-0.1, -0.05) is 47.5 Å². The summed E-state index contributed by atoms with van der Waals surface area (Å²) in [7, 11) is -1.50. The first-order chi connectivity index (χ1) is 6.24. The molecule has 2 heteroatoms. The molecule has 14 heavy (non-hydrogen) atoms. The summed E-state index contributed by atoms with van der Waals surface area (Å²) in [6.45, 7) is 17.0. The van der Waals surface area contributed by atoms with Gasteiger partial charge in [-0.2, -0.15) is 0 Å².